The second-order valence-electron chi connectivity index (χ2n) is 5.54. The molecule has 0 unspecified atom stereocenters. The Morgan fingerprint density at radius 2 is 1.29 bits per heavy atom. The molecule has 0 N–H and O–H groups in total. The quantitative estimate of drug-likeness (QED) is 0.438. The molecule has 0 atom stereocenters. The first-order valence-corrected chi connectivity index (χ1v) is 6.77. The summed E-state index contributed by atoms with van der Waals surface area (Å²) in [7, 11) is 0. The summed E-state index contributed by atoms with van der Waals surface area (Å²) >= 11 is 0. The molecule has 0 nitrogen and oxygen atoms in total. The molecular formula is C14H28. The Morgan fingerprint density at radius 1 is 0.786 bits per heavy atom. The lowest BCUT2D eigenvalue weighted by Gasteiger charge is -2.06. The molecule has 0 aromatic heterocycles. The van der Waals surface area contributed by atoms with Gasteiger partial charge in [-0.2, -0.15) is 0 Å². The molecule has 0 amide bonds. The third kappa shape index (κ3) is 5.67. The lowest BCUT2D eigenvalue weighted by atomic mass is 9.99. The van der Waals surface area contributed by atoms with Gasteiger partial charge >= 0.3 is 0 Å². The van der Waals surface area contributed by atoms with Gasteiger partial charge in [-0.25, -0.2) is 0 Å². The summed E-state index contributed by atoms with van der Waals surface area (Å²) in [5.74, 6) is 0. The molecule has 1 fully saturated rings. The maximum Gasteiger partial charge on any atom is -0.0325 e. The van der Waals surface area contributed by atoms with Gasteiger partial charge in [-0.3, -0.25) is 0 Å². The molecule has 0 heteroatoms. The normalized spacial score (nSPS) is 18.4. The highest BCUT2D eigenvalue weighted by atomic mass is 14.4. The summed E-state index contributed by atoms with van der Waals surface area (Å²) in [5.41, 5.74) is 0.794. The van der Waals surface area contributed by atoms with E-state index in [1.165, 1.54) is 70.6 Å². The summed E-state index contributed by atoms with van der Waals surface area (Å²) in [6.45, 7) is 4.74. The third-order valence-corrected chi connectivity index (χ3v) is 3.74. The molecule has 0 radical (unpaired) electrons. The van der Waals surface area contributed by atoms with E-state index < -0.39 is 0 Å². The fourth-order valence-electron chi connectivity index (χ4n) is 2.15. The second-order valence-corrected chi connectivity index (χ2v) is 5.54. The van der Waals surface area contributed by atoms with Crippen LogP contribution >= 0.6 is 0 Å². The van der Waals surface area contributed by atoms with Crippen molar-refractivity contribution in [2.45, 2.75) is 84.5 Å². The van der Waals surface area contributed by atoms with Gasteiger partial charge in [-0.05, 0) is 24.7 Å². The topological polar surface area (TPSA) is 0 Å². The van der Waals surface area contributed by atoms with Crippen LogP contribution in [-0.2, 0) is 0 Å². The highest BCUT2D eigenvalue weighted by Crippen LogP contribution is 2.49. The Kier molecular flexibility index (Phi) is 5.59. The molecule has 1 rings (SSSR count). The Balaban J connectivity index is 1.72. The van der Waals surface area contributed by atoms with Crippen LogP contribution in [0.1, 0.15) is 84.5 Å². The largest absolute Gasteiger partial charge is 0.0654 e. The van der Waals surface area contributed by atoms with Crippen molar-refractivity contribution in [1.82, 2.24) is 0 Å². The van der Waals surface area contributed by atoms with Crippen molar-refractivity contribution in [3.8, 4) is 0 Å². The van der Waals surface area contributed by atoms with Crippen LogP contribution < -0.4 is 0 Å². The maximum atomic E-state index is 2.45. The van der Waals surface area contributed by atoms with E-state index in [4.69, 9.17) is 0 Å². The molecule has 1 saturated carbocycles. The van der Waals surface area contributed by atoms with Crippen molar-refractivity contribution in [3.63, 3.8) is 0 Å². The predicted molar refractivity (Wildman–Crippen MR) is 64.6 cm³/mol. The van der Waals surface area contributed by atoms with Gasteiger partial charge in [-0.15, -0.1) is 0 Å². The summed E-state index contributed by atoms with van der Waals surface area (Å²) in [4.78, 5) is 0. The molecule has 0 bridgehead atoms. The zero-order valence-corrected chi connectivity index (χ0v) is 10.3. The van der Waals surface area contributed by atoms with Gasteiger partial charge in [-0.1, -0.05) is 65.2 Å². The van der Waals surface area contributed by atoms with Crippen LogP contribution in [0.3, 0.4) is 0 Å². The van der Waals surface area contributed by atoms with E-state index in [2.05, 4.69) is 13.8 Å². The van der Waals surface area contributed by atoms with Gasteiger partial charge in [0.2, 0.25) is 0 Å². The smallest absolute Gasteiger partial charge is 0.0325 e. The van der Waals surface area contributed by atoms with E-state index in [9.17, 15) is 0 Å². The Hall–Kier alpha value is 0. The Bertz CT molecular complexity index is 133. The molecule has 84 valence electrons. The SMILES string of the molecule is CCCCCCCCCCC1(C)CC1. The molecule has 1 aliphatic rings. The lowest BCUT2D eigenvalue weighted by molar-refractivity contribution is 0.467. The zero-order valence-electron chi connectivity index (χ0n) is 10.3. The maximum absolute atomic E-state index is 2.45. The molecule has 0 aromatic rings. The first kappa shape index (κ1) is 12.1. The van der Waals surface area contributed by atoms with Crippen LogP contribution in [0.2, 0.25) is 0 Å². The van der Waals surface area contributed by atoms with Crippen molar-refractivity contribution >= 4 is 0 Å². The fraction of sp³-hybridized carbons (Fsp3) is 1.00. The van der Waals surface area contributed by atoms with Crippen molar-refractivity contribution in [2.75, 3.05) is 0 Å². The van der Waals surface area contributed by atoms with E-state index in [-0.39, 0.29) is 0 Å². The average Bonchev–Trinajstić information content (AvgIpc) is 2.89. The minimum Gasteiger partial charge on any atom is -0.0654 e. The fourth-order valence-corrected chi connectivity index (χ4v) is 2.15. The van der Waals surface area contributed by atoms with E-state index >= 15 is 0 Å². The standard InChI is InChI=1S/C14H28/c1-3-4-5-6-7-8-9-10-11-14(2)12-13-14/h3-13H2,1-2H3. The summed E-state index contributed by atoms with van der Waals surface area (Å²) in [6, 6.07) is 0. The number of hydrogen-bond donors (Lipinski definition) is 0. The average molecular weight is 196 g/mol. The van der Waals surface area contributed by atoms with Crippen molar-refractivity contribution in [1.29, 1.82) is 0 Å². The third-order valence-electron chi connectivity index (χ3n) is 3.74. The summed E-state index contributed by atoms with van der Waals surface area (Å²) in [5, 5.41) is 0. The Labute approximate surface area is 90.5 Å². The molecule has 0 aromatic carbocycles. The van der Waals surface area contributed by atoms with Gasteiger partial charge < -0.3 is 0 Å². The number of hydrogen-bond acceptors (Lipinski definition) is 0. The van der Waals surface area contributed by atoms with E-state index in [0.717, 1.165) is 5.41 Å². The minimum atomic E-state index is 0.794. The predicted octanol–water partition coefficient (Wildman–Crippen LogP) is 5.32. The van der Waals surface area contributed by atoms with Crippen molar-refractivity contribution in [3.05, 3.63) is 0 Å². The zero-order chi connectivity index (χ0) is 10.3. The van der Waals surface area contributed by atoms with Gasteiger partial charge in [0.15, 0.2) is 0 Å². The van der Waals surface area contributed by atoms with Gasteiger partial charge in [0.1, 0.15) is 0 Å². The molecule has 0 spiro atoms. The minimum absolute atomic E-state index is 0.794. The highest BCUT2D eigenvalue weighted by molar-refractivity contribution is 4.87. The lowest BCUT2D eigenvalue weighted by Crippen LogP contribution is -1.92. The molecule has 0 aliphatic heterocycles. The second kappa shape index (κ2) is 6.48. The van der Waals surface area contributed by atoms with Crippen LogP contribution in [0.15, 0.2) is 0 Å². The summed E-state index contributed by atoms with van der Waals surface area (Å²) in [6.07, 6.45) is 16.2. The molecule has 0 saturated heterocycles. The highest BCUT2D eigenvalue weighted by Gasteiger charge is 2.35. The van der Waals surface area contributed by atoms with Crippen molar-refractivity contribution < 1.29 is 0 Å². The molecule has 14 heavy (non-hydrogen) atoms. The van der Waals surface area contributed by atoms with Crippen LogP contribution in [0.25, 0.3) is 0 Å². The monoisotopic (exact) mass is 196 g/mol. The molecular weight excluding hydrogens is 168 g/mol. The number of unbranched alkanes of at least 4 members (excludes halogenated alkanes) is 7. The van der Waals surface area contributed by atoms with Crippen molar-refractivity contribution in [2.24, 2.45) is 5.41 Å². The van der Waals surface area contributed by atoms with E-state index in [0.29, 0.717) is 0 Å². The van der Waals surface area contributed by atoms with Crippen LogP contribution in [0.5, 0.6) is 0 Å². The van der Waals surface area contributed by atoms with Crippen LogP contribution in [0.4, 0.5) is 0 Å². The van der Waals surface area contributed by atoms with E-state index in [1.54, 1.807) is 0 Å². The number of rotatable bonds is 9. The van der Waals surface area contributed by atoms with Gasteiger partial charge in [0.05, 0.1) is 0 Å². The van der Waals surface area contributed by atoms with Crippen LogP contribution in [-0.4, -0.2) is 0 Å². The van der Waals surface area contributed by atoms with Gasteiger partial charge in [0.25, 0.3) is 0 Å². The Morgan fingerprint density at radius 3 is 1.79 bits per heavy atom. The first-order chi connectivity index (χ1) is 6.77. The van der Waals surface area contributed by atoms with Crippen LogP contribution in [0, 0.1) is 5.41 Å². The van der Waals surface area contributed by atoms with E-state index in [1.807, 2.05) is 0 Å². The summed E-state index contributed by atoms with van der Waals surface area (Å²) < 4.78 is 0. The molecule has 0 heterocycles. The molecule has 1 aliphatic carbocycles. The van der Waals surface area contributed by atoms with Gasteiger partial charge in [0, 0.05) is 0 Å². The first-order valence-electron chi connectivity index (χ1n) is 6.77.